The SMILES string of the molecule is O=C(O)C1CCN(Cc2cc(Br)ccc2OC(F)F)C1. The summed E-state index contributed by atoms with van der Waals surface area (Å²) in [6, 6.07) is 4.83. The Labute approximate surface area is 123 Å². The van der Waals surface area contributed by atoms with Crippen LogP contribution < -0.4 is 4.74 Å². The molecule has 1 aliphatic rings. The number of likely N-dealkylation sites (tertiary alicyclic amines) is 1. The monoisotopic (exact) mass is 349 g/mol. The average Bonchev–Trinajstić information content (AvgIpc) is 2.81. The molecule has 110 valence electrons. The first-order valence-corrected chi connectivity index (χ1v) is 6.93. The van der Waals surface area contributed by atoms with E-state index in [9.17, 15) is 13.6 Å². The quantitative estimate of drug-likeness (QED) is 0.887. The molecule has 0 saturated carbocycles. The van der Waals surface area contributed by atoms with Crippen LogP contribution in [0, 0.1) is 5.92 Å². The van der Waals surface area contributed by atoms with Crippen molar-refractivity contribution in [1.29, 1.82) is 0 Å². The summed E-state index contributed by atoms with van der Waals surface area (Å²) in [5, 5.41) is 8.96. The van der Waals surface area contributed by atoms with Crippen LogP contribution in [0.4, 0.5) is 8.78 Å². The number of hydrogen-bond acceptors (Lipinski definition) is 3. The number of halogens is 3. The van der Waals surface area contributed by atoms with Crippen LogP contribution in [0.2, 0.25) is 0 Å². The lowest BCUT2D eigenvalue weighted by molar-refractivity contribution is -0.141. The highest BCUT2D eigenvalue weighted by Gasteiger charge is 2.28. The zero-order chi connectivity index (χ0) is 14.7. The van der Waals surface area contributed by atoms with Gasteiger partial charge in [-0.05, 0) is 31.2 Å². The van der Waals surface area contributed by atoms with E-state index in [-0.39, 0.29) is 11.7 Å². The van der Waals surface area contributed by atoms with Crippen LogP contribution in [-0.4, -0.2) is 35.7 Å². The second-order valence-electron chi connectivity index (χ2n) is 4.69. The Balaban J connectivity index is 2.08. The van der Waals surface area contributed by atoms with Crippen molar-refractivity contribution in [2.24, 2.45) is 5.92 Å². The summed E-state index contributed by atoms with van der Waals surface area (Å²) in [7, 11) is 0. The molecule has 1 aliphatic heterocycles. The van der Waals surface area contributed by atoms with Gasteiger partial charge in [0.1, 0.15) is 5.75 Å². The van der Waals surface area contributed by atoms with Crippen LogP contribution in [0.5, 0.6) is 5.75 Å². The van der Waals surface area contributed by atoms with Crippen molar-refractivity contribution in [2.75, 3.05) is 13.1 Å². The van der Waals surface area contributed by atoms with E-state index in [1.54, 1.807) is 12.1 Å². The van der Waals surface area contributed by atoms with E-state index in [0.717, 1.165) is 4.47 Å². The Kier molecular flexibility index (Phi) is 4.93. The van der Waals surface area contributed by atoms with E-state index < -0.39 is 12.6 Å². The molecule has 0 radical (unpaired) electrons. The Morgan fingerprint density at radius 3 is 2.90 bits per heavy atom. The molecule has 1 fully saturated rings. The molecule has 0 aromatic heterocycles. The predicted molar refractivity (Wildman–Crippen MR) is 71.8 cm³/mol. The fourth-order valence-electron chi connectivity index (χ4n) is 2.30. The molecule has 0 aliphatic carbocycles. The zero-order valence-electron chi connectivity index (χ0n) is 10.6. The van der Waals surface area contributed by atoms with Crippen molar-refractivity contribution >= 4 is 21.9 Å². The average molecular weight is 350 g/mol. The van der Waals surface area contributed by atoms with E-state index in [0.29, 0.717) is 31.6 Å². The van der Waals surface area contributed by atoms with Crippen LogP contribution in [0.25, 0.3) is 0 Å². The fraction of sp³-hybridized carbons (Fsp3) is 0.462. The minimum absolute atomic E-state index is 0.127. The van der Waals surface area contributed by atoms with E-state index in [1.807, 2.05) is 4.90 Å². The van der Waals surface area contributed by atoms with Crippen molar-refractivity contribution in [1.82, 2.24) is 4.90 Å². The molecule has 1 aromatic carbocycles. The highest BCUT2D eigenvalue weighted by Crippen LogP contribution is 2.28. The van der Waals surface area contributed by atoms with Gasteiger partial charge < -0.3 is 9.84 Å². The van der Waals surface area contributed by atoms with Crippen molar-refractivity contribution in [3.8, 4) is 5.75 Å². The molecule has 1 saturated heterocycles. The summed E-state index contributed by atoms with van der Waals surface area (Å²) in [5.74, 6) is -1.07. The summed E-state index contributed by atoms with van der Waals surface area (Å²) in [4.78, 5) is 12.8. The third-order valence-corrected chi connectivity index (χ3v) is 3.75. The molecule has 4 nitrogen and oxygen atoms in total. The second-order valence-corrected chi connectivity index (χ2v) is 5.61. The lowest BCUT2D eigenvalue weighted by Crippen LogP contribution is -2.23. The molecule has 20 heavy (non-hydrogen) atoms. The highest BCUT2D eigenvalue weighted by molar-refractivity contribution is 9.10. The summed E-state index contributed by atoms with van der Waals surface area (Å²) >= 11 is 3.29. The van der Waals surface area contributed by atoms with Gasteiger partial charge >= 0.3 is 12.6 Å². The van der Waals surface area contributed by atoms with Gasteiger partial charge in [0.2, 0.25) is 0 Å². The summed E-state index contributed by atoms with van der Waals surface area (Å²) in [6.07, 6.45) is 0.578. The van der Waals surface area contributed by atoms with Crippen molar-refractivity contribution in [2.45, 2.75) is 19.6 Å². The van der Waals surface area contributed by atoms with Crippen LogP contribution in [-0.2, 0) is 11.3 Å². The summed E-state index contributed by atoms with van der Waals surface area (Å²) in [5.41, 5.74) is 0.616. The van der Waals surface area contributed by atoms with Gasteiger partial charge in [-0.25, -0.2) is 0 Å². The Hall–Kier alpha value is -1.21. The summed E-state index contributed by atoms with van der Waals surface area (Å²) in [6.45, 7) is -1.42. The van der Waals surface area contributed by atoms with Gasteiger partial charge in [0, 0.05) is 23.1 Å². The number of carboxylic acid groups (broad SMARTS) is 1. The maximum atomic E-state index is 12.4. The second kappa shape index (κ2) is 6.49. The lowest BCUT2D eigenvalue weighted by atomic mass is 10.1. The fourth-order valence-corrected chi connectivity index (χ4v) is 2.71. The van der Waals surface area contributed by atoms with Crippen molar-refractivity contribution < 1.29 is 23.4 Å². The molecule has 1 aromatic rings. The minimum atomic E-state index is -2.87. The van der Waals surface area contributed by atoms with E-state index in [4.69, 9.17) is 5.11 Å². The van der Waals surface area contributed by atoms with Gasteiger partial charge in [0.15, 0.2) is 0 Å². The summed E-state index contributed by atoms with van der Waals surface area (Å²) < 4.78 is 30.0. The topological polar surface area (TPSA) is 49.8 Å². The maximum absolute atomic E-state index is 12.4. The highest BCUT2D eigenvalue weighted by atomic mass is 79.9. The zero-order valence-corrected chi connectivity index (χ0v) is 12.1. The van der Waals surface area contributed by atoms with Crippen molar-refractivity contribution in [3.05, 3.63) is 28.2 Å². The number of aliphatic carboxylic acids is 1. The number of carboxylic acids is 1. The van der Waals surface area contributed by atoms with Gasteiger partial charge in [0.05, 0.1) is 5.92 Å². The van der Waals surface area contributed by atoms with Gasteiger partial charge in [-0.2, -0.15) is 8.78 Å². The molecular formula is C13H14BrF2NO3. The van der Waals surface area contributed by atoms with E-state index in [2.05, 4.69) is 20.7 Å². The standard InChI is InChI=1S/C13H14BrF2NO3/c14-10-1-2-11(20-13(15)16)9(5-10)7-17-4-3-8(6-17)12(18)19/h1-2,5,8,13H,3-4,6-7H2,(H,18,19). The van der Waals surface area contributed by atoms with Crippen LogP contribution in [0.3, 0.4) is 0 Å². The number of rotatable bonds is 5. The number of hydrogen-bond donors (Lipinski definition) is 1. The molecule has 0 spiro atoms. The van der Waals surface area contributed by atoms with Gasteiger partial charge in [0.25, 0.3) is 0 Å². The maximum Gasteiger partial charge on any atom is 0.387 e. The van der Waals surface area contributed by atoms with Gasteiger partial charge in [-0.3, -0.25) is 9.69 Å². The molecular weight excluding hydrogens is 336 g/mol. The number of carbonyl (C=O) groups is 1. The molecule has 1 atom stereocenters. The van der Waals surface area contributed by atoms with Crippen LogP contribution >= 0.6 is 15.9 Å². The first-order valence-electron chi connectivity index (χ1n) is 6.14. The van der Waals surface area contributed by atoms with E-state index in [1.165, 1.54) is 6.07 Å². The Morgan fingerprint density at radius 1 is 1.55 bits per heavy atom. The first kappa shape index (κ1) is 15.2. The molecule has 7 heteroatoms. The van der Waals surface area contributed by atoms with Crippen LogP contribution in [0.1, 0.15) is 12.0 Å². The molecule has 2 rings (SSSR count). The lowest BCUT2D eigenvalue weighted by Gasteiger charge is -2.18. The van der Waals surface area contributed by atoms with E-state index >= 15 is 0 Å². The Morgan fingerprint density at radius 2 is 2.30 bits per heavy atom. The number of nitrogens with zero attached hydrogens (tertiary/aromatic N) is 1. The van der Waals surface area contributed by atoms with Gasteiger partial charge in [-0.15, -0.1) is 0 Å². The molecule has 1 N–H and O–H groups in total. The molecule has 1 heterocycles. The largest absolute Gasteiger partial charge is 0.481 e. The van der Waals surface area contributed by atoms with Crippen LogP contribution in [0.15, 0.2) is 22.7 Å². The molecule has 0 amide bonds. The predicted octanol–water partition coefficient (Wildman–Crippen LogP) is 2.96. The molecule has 0 bridgehead atoms. The molecule has 1 unspecified atom stereocenters. The Bertz CT molecular complexity index is 499. The number of ether oxygens (including phenoxy) is 1. The minimum Gasteiger partial charge on any atom is -0.481 e. The van der Waals surface area contributed by atoms with Crippen molar-refractivity contribution in [3.63, 3.8) is 0 Å². The smallest absolute Gasteiger partial charge is 0.387 e. The van der Waals surface area contributed by atoms with Gasteiger partial charge in [-0.1, -0.05) is 15.9 Å². The number of benzene rings is 1. The first-order chi connectivity index (χ1) is 9.45. The number of alkyl halides is 2. The third kappa shape index (κ3) is 3.89. The third-order valence-electron chi connectivity index (χ3n) is 3.25. The normalized spacial score (nSPS) is 19.5.